The second-order valence-corrected chi connectivity index (χ2v) is 11.6. The van der Waals surface area contributed by atoms with Crippen molar-refractivity contribution in [2.24, 2.45) is 4.99 Å². The number of nitrogens with zero attached hydrogens (tertiary/aromatic N) is 4. The molecule has 6 heterocycles. The fourth-order valence-corrected chi connectivity index (χ4v) is 6.58. The zero-order chi connectivity index (χ0) is 28.0. The molecule has 4 aliphatic rings. The third-order valence-corrected chi connectivity index (χ3v) is 9.15. The highest BCUT2D eigenvalue weighted by atomic mass is 32.2. The van der Waals surface area contributed by atoms with Gasteiger partial charge in [-0.25, -0.2) is 14.4 Å². The fraction of sp³-hybridized carbons (Fsp3) is 0.414. The minimum absolute atomic E-state index is 0.0281. The number of hydrogen-bond acceptors (Lipinski definition) is 8. The van der Waals surface area contributed by atoms with Crippen LogP contribution in [0.15, 0.2) is 52.1 Å². The van der Waals surface area contributed by atoms with E-state index in [-0.39, 0.29) is 17.8 Å². The van der Waals surface area contributed by atoms with Crippen LogP contribution in [0.4, 0.5) is 15.9 Å². The molecule has 1 aromatic carbocycles. The number of thioether (sulfide) groups is 1. The van der Waals surface area contributed by atoms with Gasteiger partial charge >= 0.3 is 0 Å². The first kappa shape index (κ1) is 26.8. The third kappa shape index (κ3) is 4.76. The number of nitrogens with one attached hydrogen (secondary N) is 4. The second-order valence-electron chi connectivity index (χ2n) is 10.7. The Labute approximate surface area is 237 Å². The van der Waals surface area contributed by atoms with E-state index in [4.69, 9.17) is 0 Å². The molecule has 7 rings (SSSR count). The van der Waals surface area contributed by atoms with Crippen molar-refractivity contribution in [2.75, 3.05) is 37.0 Å². The lowest BCUT2D eigenvalue weighted by molar-refractivity contribution is -0.127. The van der Waals surface area contributed by atoms with Crippen molar-refractivity contribution in [2.45, 2.75) is 56.0 Å². The van der Waals surface area contributed by atoms with Crippen molar-refractivity contribution in [3.63, 3.8) is 0 Å². The first-order valence-electron chi connectivity index (χ1n) is 13.7. The number of allylic oxidation sites excluding steroid dienone is 1. The third-order valence-electron chi connectivity index (χ3n) is 8.40. The molecule has 2 aromatic heterocycles. The average Bonchev–Trinajstić information content (AvgIpc) is 3.40. The summed E-state index contributed by atoms with van der Waals surface area (Å²) >= 11 is 1.36. The summed E-state index contributed by atoms with van der Waals surface area (Å²) in [5.74, 6) is 0.192. The summed E-state index contributed by atoms with van der Waals surface area (Å²) in [4.78, 5) is 31.1. The summed E-state index contributed by atoms with van der Waals surface area (Å²) in [6.07, 6.45) is 8.68. The lowest BCUT2D eigenvalue weighted by Crippen LogP contribution is -2.69. The molecule has 11 heteroatoms. The maximum Gasteiger partial charge on any atom is 0.242 e. The van der Waals surface area contributed by atoms with Crippen LogP contribution >= 0.6 is 11.8 Å². The van der Waals surface area contributed by atoms with Crippen LogP contribution in [-0.2, 0) is 4.79 Å². The number of aromatic nitrogens is 2. The van der Waals surface area contributed by atoms with Crippen LogP contribution in [0.5, 0.6) is 0 Å². The van der Waals surface area contributed by atoms with Gasteiger partial charge in [0.1, 0.15) is 0 Å². The normalized spacial score (nSPS) is 23.6. The second kappa shape index (κ2) is 10.9. The molecule has 1 amide bonds. The van der Waals surface area contributed by atoms with Gasteiger partial charge in [0.25, 0.3) is 0 Å². The first-order valence-corrected chi connectivity index (χ1v) is 14.9. The van der Waals surface area contributed by atoms with Crippen LogP contribution in [0.2, 0.25) is 0 Å². The van der Waals surface area contributed by atoms with Gasteiger partial charge in [-0.2, -0.15) is 0 Å². The lowest BCUT2D eigenvalue weighted by atomic mass is 9.87. The van der Waals surface area contributed by atoms with Gasteiger partial charge in [0.2, 0.25) is 5.91 Å². The zero-order valence-corrected chi connectivity index (χ0v) is 24.0. The van der Waals surface area contributed by atoms with Crippen molar-refractivity contribution in [1.82, 2.24) is 25.1 Å². The van der Waals surface area contributed by atoms with Crippen molar-refractivity contribution in [3.8, 4) is 0 Å². The molecule has 0 saturated carbocycles. The number of piperidine rings is 1. The van der Waals surface area contributed by atoms with E-state index < -0.39 is 6.29 Å². The van der Waals surface area contributed by atoms with Gasteiger partial charge in [0.05, 0.1) is 22.9 Å². The number of aromatic amines is 1. The topological polar surface area (TPSA) is 101 Å². The number of halogens is 1. The molecule has 4 N–H and O–H groups in total. The van der Waals surface area contributed by atoms with E-state index in [1.165, 1.54) is 18.2 Å². The quantitative estimate of drug-likeness (QED) is 0.303. The molecule has 40 heavy (non-hydrogen) atoms. The fourth-order valence-electron chi connectivity index (χ4n) is 6.08. The largest absolute Gasteiger partial charge is 0.357 e. The molecule has 210 valence electrons. The van der Waals surface area contributed by atoms with Gasteiger partial charge in [-0.05, 0) is 56.8 Å². The molecule has 4 atom stereocenters. The number of aliphatic imine (C=N–C) groups is 1. The van der Waals surface area contributed by atoms with E-state index in [2.05, 4.69) is 54.7 Å². The van der Waals surface area contributed by atoms with Gasteiger partial charge in [-0.1, -0.05) is 13.0 Å². The van der Waals surface area contributed by atoms with E-state index in [0.29, 0.717) is 28.5 Å². The number of pyridine rings is 1. The predicted molar refractivity (Wildman–Crippen MR) is 160 cm³/mol. The van der Waals surface area contributed by atoms with Crippen LogP contribution in [0, 0.1) is 5.82 Å². The van der Waals surface area contributed by atoms with E-state index >= 15 is 0 Å². The smallest absolute Gasteiger partial charge is 0.242 e. The number of amides is 1. The maximum absolute atomic E-state index is 14.8. The first-order chi connectivity index (χ1) is 19.4. The summed E-state index contributed by atoms with van der Waals surface area (Å²) in [5, 5.41) is 10.6. The van der Waals surface area contributed by atoms with Crippen molar-refractivity contribution in [1.29, 1.82) is 0 Å². The van der Waals surface area contributed by atoms with Gasteiger partial charge in [0, 0.05) is 59.6 Å². The minimum Gasteiger partial charge on any atom is -0.357 e. The number of carbonyl (C=O) groups is 1. The lowest BCUT2D eigenvalue weighted by Gasteiger charge is -2.56. The predicted octanol–water partition coefficient (Wildman–Crippen LogP) is 4.33. The van der Waals surface area contributed by atoms with Gasteiger partial charge in [0.15, 0.2) is 17.9 Å². The van der Waals surface area contributed by atoms with Crippen molar-refractivity contribution < 1.29 is 9.18 Å². The van der Waals surface area contributed by atoms with E-state index in [1.807, 2.05) is 31.5 Å². The minimum atomic E-state index is -0.545. The van der Waals surface area contributed by atoms with Crippen LogP contribution in [0.25, 0.3) is 16.6 Å². The molecular formula is C29H35FN8OS. The Kier molecular flexibility index (Phi) is 7.28. The van der Waals surface area contributed by atoms with Crippen LogP contribution < -0.4 is 16.0 Å². The number of fused-ring (bicyclic) bond motifs is 3. The Morgan fingerprint density at radius 1 is 1.27 bits per heavy atom. The summed E-state index contributed by atoms with van der Waals surface area (Å²) in [7, 11) is 2.17. The highest BCUT2D eigenvalue weighted by Crippen LogP contribution is 2.33. The Balaban J connectivity index is 1.21. The monoisotopic (exact) mass is 562 g/mol. The molecule has 2 bridgehead atoms. The molecule has 4 unspecified atom stereocenters. The molecular weight excluding hydrogens is 527 g/mol. The maximum atomic E-state index is 14.8. The molecule has 4 aliphatic heterocycles. The average molecular weight is 563 g/mol. The number of rotatable bonds is 8. The van der Waals surface area contributed by atoms with Gasteiger partial charge < -0.3 is 20.9 Å². The molecule has 0 radical (unpaired) electrons. The standard InChI is InChI=1S/C29H35FN8OS/c1-5-22(38-14-17-11-18(15-38)37(17)3)28(39)36-27-26-19(9-10-31-27)20(13-32-26)25-16(2)12-33-29(35-25)34-21-7-6-8-23(40-4)24(21)30/h6-10,12-13,17-18,22,29,32,34-35H,5,11,14-15H2,1-4H3,(H,31,36,39). The zero-order valence-electron chi connectivity index (χ0n) is 23.2. The molecule has 3 saturated heterocycles. The number of piperazine rings is 1. The highest BCUT2D eigenvalue weighted by Gasteiger charge is 2.44. The number of H-pyrrole nitrogens is 1. The summed E-state index contributed by atoms with van der Waals surface area (Å²) in [6.45, 7) is 5.88. The molecule has 3 aromatic rings. The number of anilines is 2. The van der Waals surface area contributed by atoms with Crippen molar-refractivity contribution >= 4 is 52.0 Å². The Bertz CT molecular complexity index is 1490. The van der Waals surface area contributed by atoms with Gasteiger partial charge in [-0.15, -0.1) is 11.8 Å². The SMILES string of the molecule is CCC(C(=O)Nc1nccc2c(C3=C(C)C=NC(Nc4cccc(SC)c4F)N3)c[nH]c12)N1CC2CC(C1)N2C. The summed E-state index contributed by atoms with van der Waals surface area (Å²) < 4.78 is 14.8. The number of carbonyl (C=O) groups excluding carboxylic acids is 1. The van der Waals surface area contributed by atoms with Gasteiger partial charge in [-0.3, -0.25) is 14.6 Å². The highest BCUT2D eigenvalue weighted by molar-refractivity contribution is 7.98. The van der Waals surface area contributed by atoms with E-state index in [0.717, 1.165) is 47.2 Å². The summed E-state index contributed by atoms with van der Waals surface area (Å²) in [6, 6.07) is 8.11. The van der Waals surface area contributed by atoms with Crippen LogP contribution in [0.1, 0.15) is 32.3 Å². The molecule has 9 nitrogen and oxygen atoms in total. The Hall–Kier alpha value is -3.41. The molecule has 3 fully saturated rings. The number of hydrogen-bond donors (Lipinski definition) is 4. The number of benzene rings is 1. The number of likely N-dealkylation sites (N-methyl/N-ethyl adjacent to an activating group) is 1. The molecule has 0 spiro atoms. The van der Waals surface area contributed by atoms with E-state index in [1.54, 1.807) is 24.5 Å². The summed E-state index contributed by atoms with van der Waals surface area (Å²) in [5.41, 5.74) is 3.88. The van der Waals surface area contributed by atoms with E-state index in [9.17, 15) is 9.18 Å². The Morgan fingerprint density at radius 2 is 2.08 bits per heavy atom. The Morgan fingerprint density at radius 3 is 2.80 bits per heavy atom. The van der Waals surface area contributed by atoms with Crippen molar-refractivity contribution in [3.05, 3.63) is 53.6 Å². The van der Waals surface area contributed by atoms with Crippen LogP contribution in [0.3, 0.4) is 0 Å². The molecule has 0 aliphatic carbocycles. The van der Waals surface area contributed by atoms with Crippen LogP contribution in [-0.4, -0.2) is 82.7 Å².